The first-order valence-electron chi connectivity index (χ1n) is 4.32. The Morgan fingerprint density at radius 3 is 2.79 bits per heavy atom. The van der Waals surface area contributed by atoms with E-state index in [2.05, 4.69) is 21.2 Å². The first-order chi connectivity index (χ1) is 6.58. The summed E-state index contributed by atoms with van der Waals surface area (Å²) in [4.78, 5) is 12.3. The summed E-state index contributed by atoms with van der Waals surface area (Å²) in [5, 5.41) is 2.79. The van der Waals surface area contributed by atoms with Crippen LogP contribution in [0.1, 0.15) is 18.7 Å². The highest BCUT2D eigenvalue weighted by Gasteiger charge is 1.98. The second-order valence-electron chi connectivity index (χ2n) is 3.14. The Balaban J connectivity index is 2.51. The molecule has 0 aliphatic carbocycles. The van der Waals surface area contributed by atoms with Gasteiger partial charge in [-0.1, -0.05) is 0 Å². The molecule has 2 nitrogen and oxygen atoms in total. The van der Waals surface area contributed by atoms with Crippen molar-refractivity contribution in [2.24, 2.45) is 0 Å². The molecule has 0 aliphatic rings. The van der Waals surface area contributed by atoms with Gasteiger partial charge in [0.25, 0.3) is 0 Å². The molecule has 0 radical (unpaired) electrons. The van der Waals surface area contributed by atoms with Gasteiger partial charge in [0.05, 0.1) is 3.79 Å². The van der Waals surface area contributed by atoms with Gasteiger partial charge >= 0.3 is 0 Å². The normalized spacial score (nSPS) is 11.1. The van der Waals surface area contributed by atoms with Crippen LogP contribution in [-0.4, -0.2) is 11.9 Å². The minimum absolute atomic E-state index is 0.0514. The van der Waals surface area contributed by atoms with Gasteiger partial charge in [0.2, 0.25) is 5.91 Å². The molecule has 0 bridgehead atoms. The number of hydrogen-bond donors (Lipinski definition) is 1. The zero-order valence-electron chi connectivity index (χ0n) is 8.08. The van der Waals surface area contributed by atoms with Crippen molar-refractivity contribution >= 4 is 39.2 Å². The van der Waals surface area contributed by atoms with E-state index >= 15 is 0 Å². The zero-order valence-corrected chi connectivity index (χ0v) is 10.5. The predicted octanol–water partition coefficient (Wildman–Crippen LogP) is 3.05. The van der Waals surface area contributed by atoms with E-state index in [-0.39, 0.29) is 11.9 Å². The third kappa shape index (κ3) is 4.07. The van der Waals surface area contributed by atoms with Gasteiger partial charge in [-0.3, -0.25) is 4.79 Å². The Hall–Kier alpha value is -0.610. The first kappa shape index (κ1) is 11.5. The first-order valence-corrected chi connectivity index (χ1v) is 5.93. The van der Waals surface area contributed by atoms with E-state index in [0.29, 0.717) is 0 Å². The Bertz CT molecular complexity index is 344. The minimum atomic E-state index is -0.0514. The van der Waals surface area contributed by atoms with E-state index in [1.165, 1.54) is 0 Å². The molecule has 0 saturated carbocycles. The molecule has 1 N–H and O–H groups in total. The second-order valence-corrected chi connectivity index (χ2v) is 5.63. The van der Waals surface area contributed by atoms with Crippen LogP contribution in [0.2, 0.25) is 0 Å². The molecule has 4 heteroatoms. The summed E-state index contributed by atoms with van der Waals surface area (Å²) < 4.78 is 1.07. The average molecular weight is 274 g/mol. The number of thiophene rings is 1. The standard InChI is InChI=1S/C10H12BrNOS/c1-7(2)12-10(13)6-4-8-3-5-9(11)14-8/h3-7H,1-2H3,(H,12,13)/b6-4+. The van der Waals surface area contributed by atoms with Crippen LogP contribution in [0.25, 0.3) is 6.08 Å². The molecular weight excluding hydrogens is 262 g/mol. The second kappa shape index (κ2) is 5.32. The maximum Gasteiger partial charge on any atom is 0.244 e. The summed E-state index contributed by atoms with van der Waals surface area (Å²) in [6, 6.07) is 4.11. The summed E-state index contributed by atoms with van der Waals surface area (Å²) in [5.74, 6) is -0.0514. The van der Waals surface area contributed by atoms with Gasteiger partial charge in [-0.15, -0.1) is 11.3 Å². The number of carbonyl (C=O) groups is 1. The van der Waals surface area contributed by atoms with Crippen LogP contribution < -0.4 is 5.32 Å². The average Bonchev–Trinajstić information content (AvgIpc) is 2.47. The van der Waals surface area contributed by atoms with Crippen molar-refractivity contribution < 1.29 is 4.79 Å². The Kier molecular flexibility index (Phi) is 4.35. The molecule has 0 atom stereocenters. The van der Waals surface area contributed by atoms with Crippen LogP contribution in [0.3, 0.4) is 0 Å². The molecule has 1 rings (SSSR count). The van der Waals surface area contributed by atoms with Gasteiger partial charge in [-0.05, 0) is 48.0 Å². The zero-order chi connectivity index (χ0) is 10.6. The van der Waals surface area contributed by atoms with Crippen LogP contribution >= 0.6 is 27.3 Å². The maximum atomic E-state index is 11.2. The minimum Gasteiger partial charge on any atom is -0.350 e. The lowest BCUT2D eigenvalue weighted by atomic mass is 10.3. The fourth-order valence-corrected chi connectivity index (χ4v) is 2.23. The molecule has 1 aromatic rings. The van der Waals surface area contributed by atoms with Crippen molar-refractivity contribution in [3.63, 3.8) is 0 Å². The summed E-state index contributed by atoms with van der Waals surface area (Å²) in [6.07, 6.45) is 3.37. The summed E-state index contributed by atoms with van der Waals surface area (Å²) in [6.45, 7) is 3.88. The van der Waals surface area contributed by atoms with Crippen molar-refractivity contribution in [2.75, 3.05) is 0 Å². The molecule has 0 fully saturated rings. The Labute approximate surface area is 96.2 Å². The summed E-state index contributed by atoms with van der Waals surface area (Å²) >= 11 is 4.96. The highest BCUT2D eigenvalue weighted by Crippen LogP contribution is 2.22. The highest BCUT2D eigenvalue weighted by molar-refractivity contribution is 9.11. The summed E-state index contributed by atoms with van der Waals surface area (Å²) in [5.41, 5.74) is 0. The van der Waals surface area contributed by atoms with E-state index in [4.69, 9.17) is 0 Å². The quantitative estimate of drug-likeness (QED) is 0.843. The number of rotatable bonds is 3. The third-order valence-corrected chi connectivity index (χ3v) is 3.01. The van der Waals surface area contributed by atoms with Gasteiger partial charge in [-0.2, -0.15) is 0 Å². The van der Waals surface area contributed by atoms with Crippen LogP contribution in [0.4, 0.5) is 0 Å². The van der Waals surface area contributed by atoms with Crippen molar-refractivity contribution in [3.05, 3.63) is 26.9 Å². The monoisotopic (exact) mass is 273 g/mol. The molecule has 0 aromatic carbocycles. The number of hydrogen-bond acceptors (Lipinski definition) is 2. The molecule has 14 heavy (non-hydrogen) atoms. The van der Waals surface area contributed by atoms with E-state index in [1.54, 1.807) is 17.4 Å². The molecule has 0 unspecified atom stereocenters. The molecule has 1 amide bonds. The van der Waals surface area contributed by atoms with Gasteiger partial charge < -0.3 is 5.32 Å². The smallest absolute Gasteiger partial charge is 0.244 e. The Morgan fingerprint density at radius 2 is 2.29 bits per heavy atom. The molecule has 1 aromatic heterocycles. The number of carbonyl (C=O) groups excluding carboxylic acids is 1. The summed E-state index contributed by atoms with van der Waals surface area (Å²) in [7, 11) is 0. The molecule has 1 heterocycles. The van der Waals surface area contributed by atoms with Crippen LogP contribution in [0, 0.1) is 0 Å². The number of halogens is 1. The van der Waals surface area contributed by atoms with Crippen LogP contribution in [-0.2, 0) is 4.79 Å². The van der Waals surface area contributed by atoms with E-state index in [9.17, 15) is 4.79 Å². The van der Waals surface area contributed by atoms with Gasteiger partial charge in [0, 0.05) is 17.0 Å². The van der Waals surface area contributed by atoms with Crippen LogP contribution in [0.15, 0.2) is 22.0 Å². The molecule has 76 valence electrons. The largest absolute Gasteiger partial charge is 0.350 e. The van der Waals surface area contributed by atoms with Crippen molar-refractivity contribution in [1.82, 2.24) is 5.32 Å². The van der Waals surface area contributed by atoms with Gasteiger partial charge in [-0.25, -0.2) is 0 Å². The van der Waals surface area contributed by atoms with Crippen molar-refractivity contribution in [3.8, 4) is 0 Å². The molecule has 0 saturated heterocycles. The molecule has 0 spiro atoms. The molecular formula is C10H12BrNOS. The van der Waals surface area contributed by atoms with Crippen molar-refractivity contribution in [2.45, 2.75) is 19.9 Å². The maximum absolute atomic E-state index is 11.2. The topological polar surface area (TPSA) is 29.1 Å². The van der Waals surface area contributed by atoms with E-state index in [0.717, 1.165) is 8.66 Å². The van der Waals surface area contributed by atoms with Gasteiger partial charge in [0.15, 0.2) is 0 Å². The lowest BCUT2D eigenvalue weighted by molar-refractivity contribution is -0.116. The lowest BCUT2D eigenvalue weighted by Gasteiger charge is -2.03. The van der Waals surface area contributed by atoms with Gasteiger partial charge in [0.1, 0.15) is 0 Å². The molecule has 0 aliphatic heterocycles. The third-order valence-electron chi connectivity index (χ3n) is 1.42. The number of amides is 1. The van der Waals surface area contributed by atoms with Crippen LogP contribution in [0.5, 0.6) is 0 Å². The van der Waals surface area contributed by atoms with E-state index in [1.807, 2.05) is 32.1 Å². The fraction of sp³-hybridized carbons (Fsp3) is 0.300. The Morgan fingerprint density at radius 1 is 1.57 bits per heavy atom. The highest BCUT2D eigenvalue weighted by atomic mass is 79.9. The van der Waals surface area contributed by atoms with Crippen molar-refractivity contribution in [1.29, 1.82) is 0 Å². The van der Waals surface area contributed by atoms with E-state index < -0.39 is 0 Å². The lowest BCUT2D eigenvalue weighted by Crippen LogP contribution is -2.28. The number of nitrogens with one attached hydrogen (secondary N) is 1. The fourth-order valence-electron chi connectivity index (χ4n) is 0.908. The predicted molar refractivity (Wildman–Crippen MR) is 64.3 cm³/mol. The SMILES string of the molecule is CC(C)NC(=O)/C=C/c1ccc(Br)s1.